The Bertz CT molecular complexity index is 2790. The average Bonchev–Trinajstić information content (AvgIpc) is 3.63. The van der Waals surface area contributed by atoms with Gasteiger partial charge in [-0.15, -0.1) is 0 Å². The van der Waals surface area contributed by atoms with E-state index in [1.807, 2.05) is 6.07 Å². The molecule has 2 aliphatic rings. The van der Waals surface area contributed by atoms with E-state index in [-0.39, 0.29) is 5.92 Å². The number of benzene rings is 7. The standard InChI is InChI=1S/C52H39NO/c1-2-11-35(12-3-1)39-15-8-16-40(31-39)37-23-25-38(26-24-37)42-28-30-50(53-45-29-27-36-13-4-5-14-41(36)33-45)49(34-42)44-18-9-17-43(32-44)46-20-10-21-48-47-19-6-7-22-51(47)54-52(46)48/h1-14,16-33,39,49,53H,15,34H2. The molecule has 8 aromatic rings. The van der Waals surface area contributed by atoms with Crippen LogP contribution in [0.1, 0.15) is 46.9 Å². The Hall–Kier alpha value is -6.64. The van der Waals surface area contributed by atoms with Crippen molar-refractivity contribution in [2.45, 2.75) is 24.7 Å². The van der Waals surface area contributed by atoms with Crippen LogP contribution in [0.25, 0.3) is 55.0 Å². The van der Waals surface area contributed by atoms with Gasteiger partial charge >= 0.3 is 0 Å². The summed E-state index contributed by atoms with van der Waals surface area (Å²) in [7, 11) is 0. The molecule has 54 heavy (non-hydrogen) atoms. The van der Waals surface area contributed by atoms with Gasteiger partial charge in [-0.2, -0.15) is 0 Å². The fourth-order valence-corrected chi connectivity index (χ4v) is 8.36. The van der Waals surface area contributed by atoms with Crippen molar-refractivity contribution in [1.29, 1.82) is 0 Å². The van der Waals surface area contributed by atoms with Gasteiger partial charge in [0.2, 0.25) is 0 Å². The smallest absolute Gasteiger partial charge is 0.143 e. The average molecular weight is 694 g/mol. The highest BCUT2D eigenvalue weighted by Gasteiger charge is 2.24. The van der Waals surface area contributed by atoms with Gasteiger partial charge in [0.15, 0.2) is 0 Å². The predicted octanol–water partition coefficient (Wildman–Crippen LogP) is 14.1. The van der Waals surface area contributed by atoms with Crippen molar-refractivity contribution in [2.24, 2.45) is 0 Å². The molecular formula is C52H39NO. The van der Waals surface area contributed by atoms with E-state index < -0.39 is 0 Å². The summed E-state index contributed by atoms with van der Waals surface area (Å²) in [6.45, 7) is 0. The predicted molar refractivity (Wildman–Crippen MR) is 228 cm³/mol. The van der Waals surface area contributed by atoms with Crippen molar-refractivity contribution < 1.29 is 4.42 Å². The summed E-state index contributed by atoms with van der Waals surface area (Å²) < 4.78 is 6.47. The maximum absolute atomic E-state index is 6.47. The van der Waals surface area contributed by atoms with Gasteiger partial charge in [-0.3, -0.25) is 0 Å². The second-order valence-electron chi connectivity index (χ2n) is 14.5. The fraction of sp³-hybridized carbons (Fsp3) is 0.0769. The molecule has 7 aromatic carbocycles. The Morgan fingerprint density at radius 3 is 2.22 bits per heavy atom. The van der Waals surface area contributed by atoms with Crippen LogP contribution in [0.5, 0.6) is 0 Å². The van der Waals surface area contributed by atoms with Gasteiger partial charge in [0.05, 0.1) is 0 Å². The van der Waals surface area contributed by atoms with Crippen molar-refractivity contribution >= 4 is 49.5 Å². The Balaban J connectivity index is 1.00. The molecule has 1 aromatic heterocycles. The zero-order chi connectivity index (χ0) is 35.8. The van der Waals surface area contributed by atoms with Crippen LogP contribution in [0.4, 0.5) is 5.69 Å². The molecule has 10 rings (SSSR count). The lowest BCUT2D eigenvalue weighted by atomic mass is 9.81. The van der Waals surface area contributed by atoms with Crippen molar-refractivity contribution in [1.82, 2.24) is 0 Å². The maximum atomic E-state index is 6.47. The number of allylic oxidation sites excluding steroid dienone is 8. The minimum atomic E-state index is 0.126. The molecule has 0 saturated carbocycles. The first-order valence-corrected chi connectivity index (χ1v) is 18.9. The summed E-state index contributed by atoms with van der Waals surface area (Å²) in [5.74, 6) is 0.530. The monoisotopic (exact) mass is 693 g/mol. The maximum Gasteiger partial charge on any atom is 0.143 e. The van der Waals surface area contributed by atoms with E-state index in [1.165, 1.54) is 49.9 Å². The molecule has 1 heterocycles. The molecule has 2 atom stereocenters. The third kappa shape index (κ3) is 6.06. The number of nitrogens with one attached hydrogen (secondary N) is 1. The Morgan fingerprint density at radius 1 is 0.556 bits per heavy atom. The quantitative estimate of drug-likeness (QED) is 0.180. The van der Waals surface area contributed by atoms with Crippen molar-refractivity contribution in [3.63, 3.8) is 0 Å². The van der Waals surface area contributed by atoms with E-state index in [0.29, 0.717) is 5.92 Å². The lowest BCUT2D eigenvalue weighted by Crippen LogP contribution is -2.14. The van der Waals surface area contributed by atoms with Gasteiger partial charge in [-0.1, -0.05) is 170 Å². The third-order valence-corrected chi connectivity index (χ3v) is 11.2. The lowest BCUT2D eigenvalue weighted by molar-refractivity contribution is 0.670. The third-order valence-electron chi connectivity index (χ3n) is 11.2. The molecule has 2 nitrogen and oxygen atoms in total. The Morgan fingerprint density at radius 2 is 1.31 bits per heavy atom. The fourth-order valence-electron chi connectivity index (χ4n) is 8.36. The minimum absolute atomic E-state index is 0.126. The first kappa shape index (κ1) is 32.0. The zero-order valence-corrected chi connectivity index (χ0v) is 30.0. The summed E-state index contributed by atoms with van der Waals surface area (Å²) in [5, 5.41) is 8.62. The highest BCUT2D eigenvalue weighted by atomic mass is 16.3. The number of rotatable bonds is 7. The Labute approximate surface area is 316 Å². The number of furan rings is 1. The van der Waals surface area contributed by atoms with Gasteiger partial charge < -0.3 is 9.73 Å². The molecule has 0 aliphatic heterocycles. The van der Waals surface area contributed by atoms with Gasteiger partial charge in [-0.05, 0) is 86.9 Å². The van der Waals surface area contributed by atoms with E-state index in [0.717, 1.165) is 51.6 Å². The Kier molecular flexibility index (Phi) is 8.15. The molecule has 0 saturated heterocycles. The largest absolute Gasteiger partial charge is 0.455 e. The molecule has 258 valence electrons. The molecule has 2 heteroatoms. The highest BCUT2D eigenvalue weighted by molar-refractivity contribution is 6.09. The van der Waals surface area contributed by atoms with Gasteiger partial charge in [-0.25, -0.2) is 0 Å². The van der Waals surface area contributed by atoms with Crippen LogP contribution in [0, 0.1) is 0 Å². The summed E-state index contributed by atoms with van der Waals surface area (Å²) in [6, 6.07) is 59.0. The second kappa shape index (κ2) is 13.7. The first-order chi connectivity index (χ1) is 26.7. The number of hydrogen-bond acceptors (Lipinski definition) is 2. The second-order valence-corrected chi connectivity index (χ2v) is 14.5. The molecule has 0 radical (unpaired) electrons. The lowest BCUT2D eigenvalue weighted by Gasteiger charge is -2.28. The molecule has 0 bridgehead atoms. The minimum Gasteiger partial charge on any atom is -0.455 e. The van der Waals surface area contributed by atoms with Crippen LogP contribution < -0.4 is 5.32 Å². The molecular weight excluding hydrogens is 655 g/mol. The van der Waals surface area contributed by atoms with Gasteiger partial charge in [0, 0.05) is 39.6 Å². The van der Waals surface area contributed by atoms with Crippen LogP contribution in [-0.4, -0.2) is 0 Å². The molecule has 0 spiro atoms. The summed E-state index contributed by atoms with van der Waals surface area (Å²) in [6.07, 6.45) is 13.5. The number of para-hydroxylation sites is 2. The van der Waals surface area contributed by atoms with E-state index in [2.05, 4.69) is 193 Å². The number of hydrogen-bond donors (Lipinski definition) is 1. The number of anilines is 1. The zero-order valence-electron chi connectivity index (χ0n) is 30.0. The van der Waals surface area contributed by atoms with Crippen molar-refractivity contribution in [3.05, 3.63) is 222 Å². The van der Waals surface area contributed by atoms with E-state index >= 15 is 0 Å². The normalized spacial score (nSPS) is 17.0. The molecule has 0 fully saturated rings. The van der Waals surface area contributed by atoms with Crippen LogP contribution in [0.2, 0.25) is 0 Å². The molecule has 2 aliphatic carbocycles. The van der Waals surface area contributed by atoms with Crippen LogP contribution in [-0.2, 0) is 0 Å². The highest BCUT2D eigenvalue weighted by Crippen LogP contribution is 2.42. The van der Waals surface area contributed by atoms with E-state index in [4.69, 9.17) is 4.42 Å². The SMILES string of the molecule is C1=CC(c2ccc(C3=CC=C(Nc4ccc5ccccc5c4)C(c4cccc(-c5cccc6c5oc5ccccc56)c4)C3)cc2)=CC(c2ccccc2)C1. The topological polar surface area (TPSA) is 25.2 Å². The first-order valence-electron chi connectivity index (χ1n) is 18.9. The van der Waals surface area contributed by atoms with E-state index in [1.54, 1.807) is 0 Å². The van der Waals surface area contributed by atoms with Crippen LogP contribution in [0.15, 0.2) is 204 Å². The molecule has 1 N–H and O–H groups in total. The van der Waals surface area contributed by atoms with Crippen LogP contribution in [0.3, 0.4) is 0 Å². The van der Waals surface area contributed by atoms with Gasteiger partial charge in [0.1, 0.15) is 11.2 Å². The number of fused-ring (bicyclic) bond motifs is 4. The van der Waals surface area contributed by atoms with Crippen molar-refractivity contribution in [2.75, 3.05) is 5.32 Å². The summed E-state index contributed by atoms with van der Waals surface area (Å²) in [4.78, 5) is 0. The summed E-state index contributed by atoms with van der Waals surface area (Å²) >= 11 is 0. The van der Waals surface area contributed by atoms with Crippen LogP contribution >= 0.6 is 0 Å². The molecule has 2 unspecified atom stereocenters. The summed E-state index contributed by atoms with van der Waals surface area (Å²) in [5.41, 5.74) is 14.2. The molecule has 0 amide bonds. The van der Waals surface area contributed by atoms with E-state index in [9.17, 15) is 0 Å². The van der Waals surface area contributed by atoms with Gasteiger partial charge in [0.25, 0.3) is 0 Å². The van der Waals surface area contributed by atoms with Crippen molar-refractivity contribution in [3.8, 4) is 11.1 Å².